The standard InChI is InChI=1S/C12H12FN3O3/c1-2-19-12(18)8-6-15-16(11(8)14)9-4-3-7(13)5-10(9)17/h3-6,17H,2,14H2,1H3. The van der Waals surface area contributed by atoms with Crippen molar-refractivity contribution in [3.63, 3.8) is 0 Å². The Labute approximate surface area is 108 Å². The summed E-state index contributed by atoms with van der Waals surface area (Å²) < 4.78 is 18.9. The predicted molar refractivity (Wildman–Crippen MR) is 65.6 cm³/mol. The number of nitrogens with two attached hydrogens (primary N) is 1. The molecular weight excluding hydrogens is 253 g/mol. The second-order valence-electron chi connectivity index (χ2n) is 3.71. The van der Waals surface area contributed by atoms with Crippen LogP contribution in [0.4, 0.5) is 10.2 Å². The Morgan fingerprint density at radius 2 is 2.32 bits per heavy atom. The minimum Gasteiger partial charge on any atom is -0.506 e. The summed E-state index contributed by atoms with van der Waals surface area (Å²) in [6, 6.07) is 3.39. The Kier molecular flexibility index (Phi) is 3.37. The zero-order valence-electron chi connectivity index (χ0n) is 10.1. The number of phenols is 1. The number of hydrogen-bond acceptors (Lipinski definition) is 5. The molecule has 19 heavy (non-hydrogen) atoms. The molecule has 1 aromatic heterocycles. The van der Waals surface area contributed by atoms with Crippen LogP contribution in [0.15, 0.2) is 24.4 Å². The lowest BCUT2D eigenvalue weighted by atomic mass is 10.2. The van der Waals surface area contributed by atoms with E-state index in [1.165, 1.54) is 12.3 Å². The van der Waals surface area contributed by atoms with Gasteiger partial charge in [0, 0.05) is 6.07 Å². The monoisotopic (exact) mass is 265 g/mol. The minimum absolute atomic E-state index is 0.0142. The molecule has 6 nitrogen and oxygen atoms in total. The van der Waals surface area contributed by atoms with Crippen molar-refractivity contribution in [3.8, 4) is 11.4 Å². The molecule has 0 saturated carbocycles. The van der Waals surface area contributed by atoms with Crippen LogP contribution in [0.5, 0.6) is 5.75 Å². The van der Waals surface area contributed by atoms with E-state index in [1.807, 2.05) is 0 Å². The first-order chi connectivity index (χ1) is 9.04. The van der Waals surface area contributed by atoms with Crippen LogP contribution in [0.3, 0.4) is 0 Å². The maximum Gasteiger partial charge on any atom is 0.343 e. The molecule has 7 heteroatoms. The Balaban J connectivity index is 2.44. The molecule has 0 fully saturated rings. The van der Waals surface area contributed by atoms with Crippen molar-refractivity contribution in [2.45, 2.75) is 6.92 Å². The van der Waals surface area contributed by atoms with Crippen molar-refractivity contribution in [2.24, 2.45) is 0 Å². The second kappa shape index (κ2) is 4.97. The third kappa shape index (κ3) is 2.35. The van der Waals surface area contributed by atoms with E-state index in [0.717, 1.165) is 16.8 Å². The molecule has 100 valence electrons. The molecule has 3 N–H and O–H groups in total. The summed E-state index contributed by atoms with van der Waals surface area (Å²) in [6.07, 6.45) is 1.23. The number of ether oxygens (including phenoxy) is 1. The fraction of sp³-hybridized carbons (Fsp3) is 0.167. The molecule has 0 bridgehead atoms. The molecule has 0 radical (unpaired) electrons. The maximum absolute atomic E-state index is 12.9. The molecular formula is C12H12FN3O3. The van der Waals surface area contributed by atoms with Gasteiger partial charge in [0.05, 0.1) is 12.8 Å². The van der Waals surface area contributed by atoms with E-state index in [0.29, 0.717) is 0 Å². The highest BCUT2D eigenvalue weighted by Gasteiger charge is 2.18. The summed E-state index contributed by atoms with van der Waals surface area (Å²) in [5.41, 5.74) is 6.03. The molecule has 2 rings (SSSR count). The topological polar surface area (TPSA) is 90.4 Å². The number of nitrogens with zero attached hydrogens (tertiary/aromatic N) is 2. The van der Waals surface area contributed by atoms with Crippen LogP contribution in [0.1, 0.15) is 17.3 Å². The zero-order valence-corrected chi connectivity index (χ0v) is 10.1. The number of rotatable bonds is 3. The number of esters is 1. The quantitative estimate of drug-likeness (QED) is 0.820. The Hall–Kier alpha value is -2.57. The van der Waals surface area contributed by atoms with E-state index in [-0.39, 0.29) is 29.4 Å². The van der Waals surface area contributed by atoms with Gasteiger partial charge in [-0.1, -0.05) is 0 Å². The molecule has 2 aromatic rings. The summed E-state index contributed by atoms with van der Waals surface area (Å²) in [4.78, 5) is 11.6. The number of benzene rings is 1. The number of aromatic nitrogens is 2. The van der Waals surface area contributed by atoms with E-state index in [1.54, 1.807) is 6.92 Å². The number of aromatic hydroxyl groups is 1. The fourth-order valence-corrected chi connectivity index (χ4v) is 1.59. The number of carbonyl (C=O) groups is 1. The Morgan fingerprint density at radius 3 is 2.95 bits per heavy atom. The highest BCUT2D eigenvalue weighted by molar-refractivity contribution is 5.94. The van der Waals surface area contributed by atoms with Gasteiger partial charge in [-0.3, -0.25) is 0 Å². The first-order valence-electron chi connectivity index (χ1n) is 5.54. The van der Waals surface area contributed by atoms with E-state index in [2.05, 4.69) is 5.10 Å². The highest BCUT2D eigenvalue weighted by Crippen LogP contribution is 2.25. The van der Waals surface area contributed by atoms with Crippen LogP contribution in [0.25, 0.3) is 5.69 Å². The van der Waals surface area contributed by atoms with Gasteiger partial charge >= 0.3 is 5.97 Å². The van der Waals surface area contributed by atoms with E-state index in [9.17, 15) is 14.3 Å². The van der Waals surface area contributed by atoms with Gasteiger partial charge in [0.25, 0.3) is 0 Å². The normalized spacial score (nSPS) is 10.4. The summed E-state index contributed by atoms with van der Waals surface area (Å²) in [5.74, 6) is -1.50. The van der Waals surface area contributed by atoms with E-state index in [4.69, 9.17) is 10.5 Å². The number of phenolic OH excluding ortho intramolecular Hbond substituents is 1. The van der Waals surface area contributed by atoms with E-state index < -0.39 is 11.8 Å². The van der Waals surface area contributed by atoms with Gasteiger partial charge in [0.2, 0.25) is 0 Å². The summed E-state index contributed by atoms with van der Waals surface area (Å²) in [7, 11) is 0. The summed E-state index contributed by atoms with van der Waals surface area (Å²) >= 11 is 0. The number of nitrogen functional groups attached to an aromatic ring is 1. The van der Waals surface area contributed by atoms with Crippen molar-refractivity contribution in [1.82, 2.24) is 9.78 Å². The smallest absolute Gasteiger partial charge is 0.343 e. The first kappa shape index (κ1) is 12.9. The summed E-state index contributed by atoms with van der Waals surface area (Å²) in [5, 5.41) is 13.5. The molecule has 0 amide bonds. The predicted octanol–water partition coefficient (Wildman–Crippen LogP) is 1.48. The first-order valence-corrected chi connectivity index (χ1v) is 5.54. The minimum atomic E-state index is -0.604. The van der Waals surface area contributed by atoms with Gasteiger partial charge in [-0.15, -0.1) is 0 Å². The molecule has 1 heterocycles. The molecule has 0 unspecified atom stereocenters. The maximum atomic E-state index is 12.9. The number of carbonyl (C=O) groups excluding carboxylic acids is 1. The molecule has 0 spiro atoms. The highest BCUT2D eigenvalue weighted by atomic mass is 19.1. The van der Waals surface area contributed by atoms with Gasteiger partial charge in [0.15, 0.2) is 0 Å². The van der Waals surface area contributed by atoms with Gasteiger partial charge < -0.3 is 15.6 Å². The SMILES string of the molecule is CCOC(=O)c1cnn(-c2ccc(F)cc2O)c1N. The van der Waals surface area contributed by atoms with Crippen LogP contribution in [-0.2, 0) is 4.74 Å². The van der Waals surface area contributed by atoms with Gasteiger partial charge in [-0.25, -0.2) is 13.9 Å². The van der Waals surface area contributed by atoms with Gasteiger partial charge in [-0.2, -0.15) is 5.10 Å². The van der Waals surface area contributed by atoms with Crippen LogP contribution < -0.4 is 5.73 Å². The molecule has 0 aliphatic carbocycles. The lowest BCUT2D eigenvalue weighted by molar-refractivity contribution is 0.0527. The van der Waals surface area contributed by atoms with Crippen LogP contribution >= 0.6 is 0 Å². The largest absolute Gasteiger partial charge is 0.506 e. The Morgan fingerprint density at radius 1 is 1.58 bits per heavy atom. The third-order valence-electron chi connectivity index (χ3n) is 2.47. The van der Waals surface area contributed by atoms with Crippen LogP contribution in [0.2, 0.25) is 0 Å². The second-order valence-corrected chi connectivity index (χ2v) is 3.71. The van der Waals surface area contributed by atoms with Crippen molar-refractivity contribution >= 4 is 11.8 Å². The lowest BCUT2D eigenvalue weighted by Gasteiger charge is -2.07. The van der Waals surface area contributed by atoms with Crippen molar-refractivity contribution in [2.75, 3.05) is 12.3 Å². The molecule has 0 saturated heterocycles. The number of hydrogen-bond donors (Lipinski definition) is 2. The third-order valence-corrected chi connectivity index (χ3v) is 2.47. The molecule has 1 aromatic carbocycles. The van der Waals surface area contributed by atoms with Crippen molar-refractivity contribution in [1.29, 1.82) is 0 Å². The lowest BCUT2D eigenvalue weighted by Crippen LogP contribution is -2.09. The van der Waals surface area contributed by atoms with Crippen molar-refractivity contribution < 1.29 is 19.0 Å². The number of halogens is 1. The van der Waals surface area contributed by atoms with Crippen LogP contribution in [0, 0.1) is 5.82 Å². The van der Waals surface area contributed by atoms with Crippen molar-refractivity contribution in [3.05, 3.63) is 35.8 Å². The average Bonchev–Trinajstić information content (AvgIpc) is 2.72. The Bertz CT molecular complexity index is 625. The van der Waals surface area contributed by atoms with Crippen LogP contribution in [-0.4, -0.2) is 27.5 Å². The molecule has 0 aliphatic rings. The average molecular weight is 265 g/mol. The van der Waals surface area contributed by atoms with Gasteiger partial charge in [-0.05, 0) is 19.1 Å². The fourth-order valence-electron chi connectivity index (χ4n) is 1.59. The van der Waals surface area contributed by atoms with Gasteiger partial charge in [0.1, 0.15) is 28.6 Å². The number of anilines is 1. The molecule has 0 aliphatic heterocycles. The summed E-state index contributed by atoms with van der Waals surface area (Å²) in [6.45, 7) is 1.88. The zero-order chi connectivity index (χ0) is 14.0. The molecule has 0 atom stereocenters. The van der Waals surface area contributed by atoms with E-state index >= 15 is 0 Å².